The summed E-state index contributed by atoms with van der Waals surface area (Å²) in [5.41, 5.74) is 11.9. The molecule has 3 N–H and O–H groups in total. The number of H-pyrrole nitrogens is 1. The van der Waals surface area contributed by atoms with E-state index in [1.165, 1.54) is 0 Å². The standard InChI is InChI=1S/C19H16N4.Pt/c1-3-14(20)10-15-6-7-18(22-15)12-19-9-8-17(23-19)11-16-5-4-13(2)21-16;/h2-12,22H,1,20H2;. The number of nitrogens with two attached hydrogens (primary N) is 1. The number of hydrogen-bond donors (Lipinski definition) is 2. The molecule has 0 spiro atoms. The molecule has 4 nitrogen and oxygen atoms in total. The molecular formula is C19H16N4Pt. The molecule has 122 valence electrons. The Morgan fingerprint density at radius 2 is 1.67 bits per heavy atom. The molecule has 0 unspecified atom stereocenters. The van der Waals surface area contributed by atoms with Crippen LogP contribution in [-0.4, -0.2) is 20.8 Å². The molecule has 0 amide bonds. The fourth-order valence-electron chi connectivity index (χ4n) is 2.23. The molecule has 1 aromatic rings. The average Bonchev–Trinajstić information content (AvgIpc) is 3.30. The number of aliphatic imine (C=N–C) groups is 2. The van der Waals surface area contributed by atoms with E-state index in [9.17, 15) is 0 Å². The predicted molar refractivity (Wildman–Crippen MR) is 98.4 cm³/mol. The molecule has 0 saturated carbocycles. The summed E-state index contributed by atoms with van der Waals surface area (Å²) in [6, 6.07) is 3.95. The van der Waals surface area contributed by atoms with E-state index in [0.717, 1.165) is 34.2 Å². The Bertz CT molecular complexity index is 902. The van der Waals surface area contributed by atoms with Crippen LogP contribution in [0.1, 0.15) is 11.4 Å². The Kier molecular flexibility index (Phi) is 4.97. The van der Waals surface area contributed by atoms with Crippen LogP contribution in [0.2, 0.25) is 0 Å². The molecule has 0 atom stereocenters. The van der Waals surface area contributed by atoms with Crippen molar-refractivity contribution in [2.75, 3.05) is 0 Å². The van der Waals surface area contributed by atoms with Crippen LogP contribution < -0.4 is 5.73 Å². The number of allylic oxidation sites excluding steroid dienone is 6. The Morgan fingerprint density at radius 1 is 1.00 bits per heavy atom. The van der Waals surface area contributed by atoms with Crippen LogP contribution in [0.3, 0.4) is 0 Å². The molecule has 0 fully saturated rings. The predicted octanol–water partition coefficient (Wildman–Crippen LogP) is 3.10. The van der Waals surface area contributed by atoms with E-state index in [4.69, 9.17) is 5.73 Å². The molecule has 24 heavy (non-hydrogen) atoms. The van der Waals surface area contributed by atoms with Crippen LogP contribution in [0.5, 0.6) is 0 Å². The van der Waals surface area contributed by atoms with Gasteiger partial charge in [-0.25, -0.2) is 0 Å². The van der Waals surface area contributed by atoms with Crippen LogP contribution in [0.25, 0.3) is 12.2 Å². The molecule has 0 aromatic carbocycles. The minimum atomic E-state index is 0.622. The second kappa shape index (κ2) is 7.33. The maximum atomic E-state index is 5.74. The van der Waals surface area contributed by atoms with Gasteiger partial charge < -0.3 is 5.73 Å². The van der Waals surface area contributed by atoms with Crippen molar-refractivity contribution < 1.29 is 19.4 Å². The Balaban J connectivity index is 1.76. The third-order valence-electron chi connectivity index (χ3n) is 3.35. The normalized spacial score (nSPS) is 20.0. The molecule has 3 heterocycles. The van der Waals surface area contributed by atoms with E-state index in [0.29, 0.717) is 5.70 Å². The molecule has 5 heteroatoms. The van der Waals surface area contributed by atoms with E-state index in [-0.39, 0.29) is 0 Å². The first-order valence-electron chi connectivity index (χ1n) is 7.32. The van der Waals surface area contributed by atoms with Gasteiger partial charge in [0.25, 0.3) is 0 Å². The summed E-state index contributed by atoms with van der Waals surface area (Å²) in [6.45, 7) is 3.64. The number of nitrogens with one attached hydrogen (secondary N) is 1. The summed E-state index contributed by atoms with van der Waals surface area (Å²) < 4.78 is 1.95. The number of rotatable bonds is 5. The molecule has 0 radical (unpaired) electrons. The second-order valence-corrected chi connectivity index (χ2v) is 5.84. The number of hydrogen-bond acceptors (Lipinski definition) is 3. The van der Waals surface area contributed by atoms with Gasteiger partial charge in [-0.3, -0.25) is 0 Å². The topological polar surface area (TPSA) is 66.5 Å². The molecule has 2 aliphatic rings. The first-order valence-corrected chi connectivity index (χ1v) is 8.63. The van der Waals surface area contributed by atoms with Crippen molar-refractivity contribution >= 4 is 28.0 Å². The van der Waals surface area contributed by atoms with Crippen LogP contribution in [0.4, 0.5) is 0 Å². The van der Waals surface area contributed by atoms with Gasteiger partial charge in [-0.15, -0.1) is 0 Å². The van der Waals surface area contributed by atoms with Crippen molar-refractivity contribution in [3.8, 4) is 0 Å². The summed E-state index contributed by atoms with van der Waals surface area (Å²) in [7, 11) is 0. The van der Waals surface area contributed by atoms with Gasteiger partial charge in [0.15, 0.2) is 0 Å². The average molecular weight is 495 g/mol. The van der Waals surface area contributed by atoms with E-state index >= 15 is 0 Å². The van der Waals surface area contributed by atoms with Crippen molar-refractivity contribution in [3.63, 3.8) is 0 Å². The molecule has 2 aliphatic heterocycles. The molecule has 3 rings (SSSR count). The summed E-state index contributed by atoms with van der Waals surface area (Å²) in [5, 5.41) is 0. The van der Waals surface area contributed by atoms with E-state index < -0.39 is 0 Å². The van der Waals surface area contributed by atoms with Gasteiger partial charge in [-0.1, -0.05) is 6.58 Å². The Hall–Kier alpha value is -2.58. The van der Waals surface area contributed by atoms with Crippen molar-refractivity contribution in [1.82, 2.24) is 4.98 Å². The van der Waals surface area contributed by atoms with Crippen molar-refractivity contribution in [1.29, 1.82) is 0 Å². The van der Waals surface area contributed by atoms with Crippen LogP contribution in [0.15, 0.2) is 82.2 Å². The van der Waals surface area contributed by atoms with Crippen LogP contribution >= 0.6 is 0 Å². The van der Waals surface area contributed by atoms with Crippen molar-refractivity contribution in [2.24, 2.45) is 15.7 Å². The fraction of sp³-hybridized carbons (Fsp3) is 0. The van der Waals surface area contributed by atoms with Gasteiger partial charge in [0.05, 0.1) is 0 Å². The zero-order valence-corrected chi connectivity index (χ0v) is 15.1. The third-order valence-corrected chi connectivity index (χ3v) is 4.02. The number of aromatic nitrogens is 1. The molecule has 0 bridgehead atoms. The molecule has 0 saturated heterocycles. The monoisotopic (exact) mass is 495 g/mol. The SMILES string of the molecule is C=CC(N)=Cc1ccc(C=C2C=CC(C=C3C=CC([CH]=[Pt])=N3)=N2)[nH]1. The van der Waals surface area contributed by atoms with Gasteiger partial charge in [0.2, 0.25) is 0 Å². The number of aromatic amines is 1. The first-order chi connectivity index (χ1) is 11.7. The summed E-state index contributed by atoms with van der Waals surface area (Å²) >= 11 is 2.17. The Morgan fingerprint density at radius 3 is 2.38 bits per heavy atom. The third kappa shape index (κ3) is 4.03. The molecular weight excluding hydrogens is 479 g/mol. The van der Waals surface area contributed by atoms with Crippen LogP contribution in [0, 0.1) is 0 Å². The van der Waals surface area contributed by atoms with E-state index in [2.05, 4.69) is 40.9 Å². The fourth-order valence-corrected chi connectivity index (χ4v) is 2.59. The second-order valence-electron chi connectivity index (χ2n) is 5.19. The van der Waals surface area contributed by atoms with Gasteiger partial charge in [-0.05, 0) is 12.2 Å². The zero-order chi connectivity index (χ0) is 16.9. The Labute approximate surface area is 151 Å². The van der Waals surface area contributed by atoms with Gasteiger partial charge >= 0.3 is 122 Å². The first kappa shape index (κ1) is 16.3. The zero-order valence-electron chi connectivity index (χ0n) is 12.8. The van der Waals surface area contributed by atoms with Gasteiger partial charge in [-0.2, -0.15) is 0 Å². The molecule has 1 aromatic heterocycles. The van der Waals surface area contributed by atoms with Crippen molar-refractivity contribution in [3.05, 3.63) is 83.6 Å². The van der Waals surface area contributed by atoms with E-state index in [1.807, 2.05) is 59.1 Å². The quantitative estimate of drug-likeness (QED) is 0.606. The van der Waals surface area contributed by atoms with Crippen LogP contribution in [-0.2, 0) is 19.4 Å². The summed E-state index contributed by atoms with van der Waals surface area (Å²) in [6.07, 6.45) is 15.3. The van der Waals surface area contributed by atoms with Gasteiger partial charge in [0.1, 0.15) is 0 Å². The number of nitrogens with zero attached hydrogens (tertiary/aromatic N) is 2. The van der Waals surface area contributed by atoms with E-state index in [1.54, 1.807) is 6.08 Å². The summed E-state index contributed by atoms with van der Waals surface area (Å²) in [4.78, 5) is 12.3. The van der Waals surface area contributed by atoms with Gasteiger partial charge in [0, 0.05) is 5.70 Å². The summed E-state index contributed by atoms with van der Waals surface area (Å²) in [5.74, 6) is 0. The maximum absolute atomic E-state index is 5.74. The minimum absolute atomic E-state index is 0.622. The van der Waals surface area contributed by atoms with Crippen molar-refractivity contribution in [2.45, 2.75) is 0 Å². The molecule has 0 aliphatic carbocycles.